The van der Waals surface area contributed by atoms with Gasteiger partial charge in [-0.25, -0.2) is 4.79 Å². The lowest BCUT2D eigenvalue weighted by atomic mass is 10.2. The number of hydrogen-bond acceptors (Lipinski definition) is 7. The third-order valence-corrected chi connectivity index (χ3v) is 3.89. The Morgan fingerprint density at radius 2 is 2.04 bits per heavy atom. The average molecular weight is 368 g/mol. The van der Waals surface area contributed by atoms with Crippen LogP contribution in [0.25, 0.3) is 0 Å². The fourth-order valence-corrected chi connectivity index (χ4v) is 2.23. The number of carbonyl (C=O) groups is 2. The van der Waals surface area contributed by atoms with E-state index in [4.69, 9.17) is 31.3 Å². The van der Waals surface area contributed by atoms with Crippen molar-refractivity contribution in [3.63, 3.8) is 0 Å². The Labute approximate surface area is 149 Å². The van der Waals surface area contributed by atoms with Gasteiger partial charge in [0.25, 0.3) is 5.91 Å². The molecule has 0 saturated heterocycles. The number of nitrogens with zero attached hydrogens (tertiary/aromatic N) is 1. The van der Waals surface area contributed by atoms with Crippen LogP contribution in [0.3, 0.4) is 0 Å². The van der Waals surface area contributed by atoms with Crippen LogP contribution in [-0.2, 0) is 9.53 Å². The van der Waals surface area contributed by atoms with Gasteiger partial charge < -0.3 is 25.0 Å². The molecule has 0 aliphatic heterocycles. The monoisotopic (exact) mass is 367 g/mol. The van der Waals surface area contributed by atoms with Crippen molar-refractivity contribution in [3.8, 4) is 5.75 Å². The SMILES string of the molecule is COc1cc(Cl)c(C)cc1NC(=O)[C@@H](C)OC(=O)c1c(C)noc1N. The second kappa shape index (κ2) is 7.43. The summed E-state index contributed by atoms with van der Waals surface area (Å²) in [7, 11) is 1.46. The van der Waals surface area contributed by atoms with E-state index in [1.165, 1.54) is 14.0 Å². The number of carbonyl (C=O) groups excluding carboxylic acids is 2. The number of nitrogens with one attached hydrogen (secondary N) is 1. The number of aromatic nitrogens is 1. The minimum atomic E-state index is -1.08. The molecular weight excluding hydrogens is 350 g/mol. The van der Waals surface area contributed by atoms with Crippen molar-refractivity contribution in [1.82, 2.24) is 5.16 Å². The molecule has 25 heavy (non-hydrogen) atoms. The topological polar surface area (TPSA) is 117 Å². The first-order valence-electron chi connectivity index (χ1n) is 7.32. The Kier molecular flexibility index (Phi) is 5.53. The molecule has 0 unspecified atom stereocenters. The van der Waals surface area contributed by atoms with Gasteiger partial charge in [0.2, 0.25) is 5.88 Å². The molecule has 1 aromatic heterocycles. The van der Waals surface area contributed by atoms with Gasteiger partial charge in [0, 0.05) is 11.1 Å². The summed E-state index contributed by atoms with van der Waals surface area (Å²) in [6.07, 6.45) is -1.08. The lowest BCUT2D eigenvalue weighted by Crippen LogP contribution is -2.30. The van der Waals surface area contributed by atoms with E-state index in [1.54, 1.807) is 26.0 Å². The van der Waals surface area contributed by atoms with E-state index in [1.807, 2.05) is 0 Å². The highest BCUT2D eigenvalue weighted by molar-refractivity contribution is 6.31. The van der Waals surface area contributed by atoms with Crippen LogP contribution in [0, 0.1) is 13.8 Å². The number of ether oxygens (including phenoxy) is 2. The van der Waals surface area contributed by atoms with Crippen molar-refractivity contribution < 1.29 is 23.6 Å². The Bertz CT molecular complexity index is 799. The number of methoxy groups -OCH3 is 1. The maximum absolute atomic E-state index is 12.3. The molecular formula is C16H18ClN3O5. The fourth-order valence-electron chi connectivity index (χ4n) is 2.07. The van der Waals surface area contributed by atoms with Crippen LogP contribution < -0.4 is 15.8 Å². The molecule has 2 rings (SSSR count). The highest BCUT2D eigenvalue weighted by atomic mass is 35.5. The Hall–Kier alpha value is -2.74. The van der Waals surface area contributed by atoms with Crippen LogP contribution >= 0.6 is 11.6 Å². The summed E-state index contributed by atoms with van der Waals surface area (Å²) < 4.78 is 15.0. The van der Waals surface area contributed by atoms with Gasteiger partial charge in [0.15, 0.2) is 6.10 Å². The maximum Gasteiger partial charge on any atom is 0.346 e. The fraction of sp³-hybridized carbons (Fsp3) is 0.312. The molecule has 3 N–H and O–H groups in total. The summed E-state index contributed by atoms with van der Waals surface area (Å²) in [5, 5.41) is 6.71. The van der Waals surface area contributed by atoms with Gasteiger partial charge in [-0.15, -0.1) is 0 Å². The van der Waals surface area contributed by atoms with Crippen LogP contribution in [0.4, 0.5) is 11.6 Å². The maximum atomic E-state index is 12.3. The number of anilines is 2. The molecule has 0 spiro atoms. The number of hydrogen-bond donors (Lipinski definition) is 2. The first kappa shape index (κ1) is 18.6. The minimum Gasteiger partial charge on any atom is -0.495 e. The van der Waals surface area contributed by atoms with E-state index in [0.29, 0.717) is 16.5 Å². The first-order chi connectivity index (χ1) is 11.7. The number of amides is 1. The van der Waals surface area contributed by atoms with Crippen molar-refractivity contribution in [1.29, 1.82) is 0 Å². The van der Waals surface area contributed by atoms with E-state index >= 15 is 0 Å². The standard InChI is InChI=1S/C16H18ClN3O5/c1-7-5-11(12(23-4)6-10(7)17)19-15(21)9(3)24-16(22)13-8(2)20-25-14(13)18/h5-6,9H,18H2,1-4H3,(H,19,21)/t9-/m1/s1. The minimum absolute atomic E-state index is 0.000400. The zero-order valence-corrected chi connectivity index (χ0v) is 14.9. The van der Waals surface area contributed by atoms with Gasteiger partial charge in [0.05, 0.1) is 18.5 Å². The summed E-state index contributed by atoms with van der Waals surface area (Å²) in [6, 6.07) is 3.25. The largest absolute Gasteiger partial charge is 0.495 e. The van der Waals surface area contributed by atoms with Gasteiger partial charge in [-0.1, -0.05) is 16.8 Å². The van der Waals surface area contributed by atoms with Crippen molar-refractivity contribution in [3.05, 3.63) is 34.0 Å². The van der Waals surface area contributed by atoms with E-state index in [0.717, 1.165) is 5.56 Å². The molecule has 134 valence electrons. The van der Waals surface area contributed by atoms with Gasteiger partial charge in [-0.05, 0) is 32.4 Å². The molecule has 0 aliphatic carbocycles. The van der Waals surface area contributed by atoms with Crippen LogP contribution in [0.1, 0.15) is 28.5 Å². The third kappa shape index (κ3) is 4.03. The lowest BCUT2D eigenvalue weighted by Gasteiger charge is -2.16. The highest BCUT2D eigenvalue weighted by Gasteiger charge is 2.25. The number of halogens is 1. The molecule has 8 nitrogen and oxygen atoms in total. The van der Waals surface area contributed by atoms with Gasteiger partial charge in [-0.3, -0.25) is 4.79 Å². The molecule has 1 heterocycles. The van der Waals surface area contributed by atoms with E-state index in [2.05, 4.69) is 10.5 Å². The molecule has 0 saturated carbocycles. The molecule has 1 amide bonds. The van der Waals surface area contributed by atoms with E-state index < -0.39 is 18.0 Å². The number of nitrogen functional groups attached to an aromatic ring is 1. The summed E-state index contributed by atoms with van der Waals surface area (Å²) in [5.74, 6) is -1.11. The number of aryl methyl sites for hydroxylation is 2. The number of esters is 1. The lowest BCUT2D eigenvalue weighted by molar-refractivity contribution is -0.123. The summed E-state index contributed by atoms with van der Waals surface area (Å²) in [4.78, 5) is 24.4. The summed E-state index contributed by atoms with van der Waals surface area (Å²) in [5.41, 5.74) is 6.98. The molecule has 0 bridgehead atoms. The van der Waals surface area contributed by atoms with Crippen LogP contribution in [0.2, 0.25) is 5.02 Å². The van der Waals surface area contributed by atoms with Gasteiger partial charge in [0.1, 0.15) is 11.3 Å². The second-order valence-corrected chi connectivity index (χ2v) is 5.75. The van der Waals surface area contributed by atoms with Crippen LogP contribution in [0.15, 0.2) is 16.7 Å². The first-order valence-corrected chi connectivity index (χ1v) is 7.70. The predicted molar refractivity (Wildman–Crippen MR) is 91.9 cm³/mol. The summed E-state index contributed by atoms with van der Waals surface area (Å²) in [6.45, 7) is 4.77. The molecule has 0 fully saturated rings. The Morgan fingerprint density at radius 1 is 1.36 bits per heavy atom. The quantitative estimate of drug-likeness (QED) is 0.780. The normalized spacial score (nSPS) is 11.7. The molecule has 0 radical (unpaired) electrons. The number of nitrogens with two attached hydrogens (primary N) is 1. The molecule has 1 atom stereocenters. The second-order valence-electron chi connectivity index (χ2n) is 5.35. The predicted octanol–water partition coefficient (Wildman–Crippen LogP) is 2.72. The van der Waals surface area contributed by atoms with Crippen LogP contribution in [-0.4, -0.2) is 30.2 Å². The molecule has 1 aromatic carbocycles. The smallest absolute Gasteiger partial charge is 0.346 e. The number of benzene rings is 1. The third-order valence-electron chi connectivity index (χ3n) is 3.48. The van der Waals surface area contributed by atoms with Crippen molar-refractivity contribution in [2.75, 3.05) is 18.2 Å². The molecule has 2 aromatic rings. The van der Waals surface area contributed by atoms with Crippen LogP contribution in [0.5, 0.6) is 5.75 Å². The Morgan fingerprint density at radius 3 is 2.60 bits per heavy atom. The summed E-state index contributed by atoms with van der Waals surface area (Å²) >= 11 is 6.03. The highest BCUT2D eigenvalue weighted by Crippen LogP contribution is 2.31. The van der Waals surface area contributed by atoms with E-state index in [9.17, 15) is 9.59 Å². The number of rotatable bonds is 5. The van der Waals surface area contributed by atoms with Crippen molar-refractivity contribution >= 4 is 35.0 Å². The molecule has 9 heteroatoms. The zero-order chi connectivity index (χ0) is 18.7. The average Bonchev–Trinajstić information content (AvgIpc) is 2.89. The zero-order valence-electron chi connectivity index (χ0n) is 14.2. The van der Waals surface area contributed by atoms with Gasteiger partial charge in [-0.2, -0.15) is 0 Å². The Balaban J connectivity index is 2.11. The van der Waals surface area contributed by atoms with E-state index in [-0.39, 0.29) is 17.1 Å². The molecule has 0 aliphatic rings. The van der Waals surface area contributed by atoms with Crippen molar-refractivity contribution in [2.24, 2.45) is 0 Å². The van der Waals surface area contributed by atoms with Crippen molar-refractivity contribution in [2.45, 2.75) is 26.9 Å². The van der Waals surface area contributed by atoms with Gasteiger partial charge >= 0.3 is 5.97 Å².